The number of pyridine rings is 8. The summed E-state index contributed by atoms with van der Waals surface area (Å²) in [7, 11) is 0. The molecule has 0 unspecified atom stereocenters. The minimum absolute atomic E-state index is 0. The molecule has 0 fully saturated rings. The Labute approximate surface area is 947 Å². The second-order valence-corrected chi connectivity index (χ2v) is 40.2. The molecule has 0 N–H and O–H groups in total. The van der Waals surface area contributed by atoms with Crippen molar-refractivity contribution in [2.75, 3.05) is 0 Å². The van der Waals surface area contributed by atoms with Crippen LogP contribution in [0.15, 0.2) is 377 Å². The summed E-state index contributed by atoms with van der Waals surface area (Å²) in [5.74, 6) is 3.36. The molecule has 0 atom stereocenters. The molecule has 8 aromatic heterocycles. The van der Waals surface area contributed by atoms with Gasteiger partial charge in [-0.2, -0.15) is 0 Å². The zero-order valence-corrected chi connectivity index (χ0v) is 97.0. The van der Waals surface area contributed by atoms with Crippen molar-refractivity contribution in [2.24, 2.45) is 23.7 Å². The molecule has 0 aliphatic heterocycles. The number of nitrogens with zero attached hydrogens (tertiary/aromatic N) is 8. The fourth-order valence-corrected chi connectivity index (χ4v) is 18.2. The summed E-state index contributed by atoms with van der Waals surface area (Å²) in [6.07, 6.45) is 19.8. The first kappa shape index (κ1) is 114. The van der Waals surface area contributed by atoms with Crippen LogP contribution in [0, 0.1) is 99.9 Å². The van der Waals surface area contributed by atoms with Gasteiger partial charge in [0.25, 0.3) is 0 Å². The molecule has 12 aromatic carbocycles. The fraction of sp³-hybridized carbons (Fsp3) is 0.188. The number of aromatic nitrogens is 8. The van der Waals surface area contributed by atoms with Crippen LogP contribution in [0.1, 0.15) is 151 Å². The van der Waals surface area contributed by atoms with Crippen LogP contribution in [0.3, 0.4) is 0 Å². The van der Waals surface area contributed by atoms with E-state index in [4.69, 9.17) is 19.9 Å². The molecular weight excluding hydrogens is 2550 g/mol. The van der Waals surface area contributed by atoms with E-state index >= 15 is 0 Å². The van der Waals surface area contributed by atoms with Crippen molar-refractivity contribution in [3.05, 3.63) is 481 Å². The van der Waals surface area contributed by atoms with E-state index < -0.39 is 0 Å². The van der Waals surface area contributed by atoms with Gasteiger partial charge in [0, 0.05) is 95.1 Å². The minimum Gasteiger partial charge on any atom is -0.295 e. The van der Waals surface area contributed by atoms with Crippen molar-refractivity contribution >= 4 is 0 Å². The number of hydrogen-bond donors (Lipinski definition) is 0. The maximum Gasteiger partial charge on any atom is 2.00 e. The maximum atomic E-state index is 4.74. The minimum atomic E-state index is 0. The van der Waals surface area contributed by atoms with E-state index in [2.05, 4.69) is 507 Å². The van der Waals surface area contributed by atoms with Crippen molar-refractivity contribution in [1.82, 2.24) is 39.9 Å². The van der Waals surface area contributed by atoms with E-state index in [0.29, 0.717) is 35.5 Å². The first-order valence-electron chi connectivity index (χ1n) is 51.1. The first-order valence-corrected chi connectivity index (χ1v) is 51.1. The quantitative estimate of drug-likeness (QED) is 0.0494. The Morgan fingerprint density at radius 1 is 0.173 bits per heavy atom. The number of hydrogen-bond acceptors (Lipinski definition) is 8. The summed E-state index contributed by atoms with van der Waals surface area (Å²) in [6, 6.07) is 143. The summed E-state index contributed by atoms with van der Waals surface area (Å²) < 4.78 is 0. The maximum absolute atomic E-state index is 4.74. The van der Waals surface area contributed by atoms with Gasteiger partial charge < -0.3 is 0 Å². The zero-order chi connectivity index (χ0) is 102. The van der Waals surface area contributed by atoms with Crippen LogP contribution in [-0.2, 0) is 110 Å². The molecule has 0 aliphatic carbocycles. The zero-order valence-electron chi connectivity index (χ0n) is 87.9. The van der Waals surface area contributed by atoms with E-state index in [1.165, 1.54) is 55.6 Å². The summed E-state index contributed by atoms with van der Waals surface area (Å²) >= 11 is 0. The van der Waals surface area contributed by atoms with Gasteiger partial charge in [-0.15, -0.1) is 283 Å². The van der Waals surface area contributed by atoms with Crippen LogP contribution in [0.4, 0.5) is 0 Å². The normalized spacial score (nSPS) is 10.9. The molecule has 150 heavy (non-hydrogen) atoms. The Kier molecular flexibility index (Phi) is 41.2. The van der Waals surface area contributed by atoms with Gasteiger partial charge in [0.15, 0.2) is 0 Å². The molecule has 0 amide bonds. The van der Waals surface area contributed by atoms with Crippen LogP contribution in [0.25, 0.3) is 179 Å². The van der Waals surface area contributed by atoms with Gasteiger partial charge >= 0.3 is 84.3 Å². The van der Waals surface area contributed by atoms with Crippen molar-refractivity contribution < 1.29 is 84.3 Å². The van der Waals surface area contributed by atoms with Crippen LogP contribution >= 0.6 is 0 Å². The summed E-state index contributed by atoms with van der Waals surface area (Å²) in [6.45, 7) is 35.0. The van der Waals surface area contributed by atoms with Crippen LogP contribution < -0.4 is 0 Å². The molecule has 756 valence electrons. The molecule has 0 aliphatic rings. The Hall–Kier alpha value is -13.4. The van der Waals surface area contributed by atoms with Crippen molar-refractivity contribution in [1.29, 1.82) is 0 Å². The second-order valence-electron chi connectivity index (χ2n) is 40.2. The molecule has 8 heterocycles. The Morgan fingerprint density at radius 3 is 0.573 bits per heavy atom. The first-order chi connectivity index (χ1) is 70.9. The number of benzene rings is 12. The Bertz CT molecular complexity index is 7400. The smallest absolute Gasteiger partial charge is 0.295 e. The Morgan fingerprint density at radius 2 is 0.373 bits per heavy atom. The average molecular weight is 2670 g/mol. The molecule has 20 aromatic rings. The van der Waals surface area contributed by atoms with Crippen molar-refractivity contribution in [3.8, 4) is 179 Å². The number of rotatable bonds is 26. The summed E-state index contributed by atoms with van der Waals surface area (Å²) in [5, 5.41) is 0. The molecular formula is C138H124N8Pt4. The van der Waals surface area contributed by atoms with Crippen LogP contribution in [0.5, 0.6) is 0 Å². The predicted octanol–water partition coefficient (Wildman–Crippen LogP) is 35.2. The van der Waals surface area contributed by atoms with Gasteiger partial charge in [-0.1, -0.05) is 320 Å². The fourth-order valence-electron chi connectivity index (χ4n) is 18.2. The molecule has 12 heteroatoms. The molecule has 20 rings (SSSR count). The largest absolute Gasteiger partial charge is 2.00 e. The third-order valence-corrected chi connectivity index (χ3v) is 26.1. The Balaban J connectivity index is 0.000000165. The van der Waals surface area contributed by atoms with Gasteiger partial charge in [-0.05, 0) is 134 Å². The monoisotopic (exact) mass is 2670 g/mol. The van der Waals surface area contributed by atoms with Gasteiger partial charge in [0.1, 0.15) is 0 Å². The van der Waals surface area contributed by atoms with E-state index in [1.807, 2.05) is 49.6 Å². The number of aryl methyl sites for hydroxylation is 4. The standard InChI is InChI=1S/2C36H34N2.C34H30N2.C32H26N2.4Pt/c1-25(2)19-27-15-17-35(37-23-27)31-11-7-9-29(21-31)33-13-5-6-14-34(33)30-10-8-12-32(22-30)36-18-16-28(24-38-36)20-26(3)4;1-25(2)19-27-15-17-37-35(21-27)31-11-7-9-29(23-31)33-13-5-6-14-34(33)30-10-8-12-32(24-30)36-22-28(16-18-38-36)20-26(3)4;1-23(2)29-15-17-33(35-21-29)27-11-7-9-25(19-27)31-13-5-6-14-32(31)26-10-8-12-28(20-26)34-18-16-30(22-36-34)24(3)4;1-21-15-31(33-19-23(21)3)27-11-7-9-25(17-27)29-13-5-6-14-30(29)26-10-8-12-28(18-26)32-16-22(2)24(4)20-34-32;;;;/h5-18,23-26H,19-20H2,1-4H3;5-18,21-22,25-26H,19-20H2,1-4H3;5-18,21-24H,1-4H3;5-16,19-20H,1-4H3;;;;/q4*-2;4*+2. The third-order valence-electron chi connectivity index (χ3n) is 26.1. The topological polar surface area (TPSA) is 103 Å². The van der Waals surface area contributed by atoms with Crippen LogP contribution in [0.2, 0.25) is 0 Å². The van der Waals surface area contributed by atoms with Gasteiger partial charge in [-0.3, -0.25) is 39.9 Å². The second kappa shape index (κ2) is 54.3. The molecule has 0 radical (unpaired) electrons. The molecule has 0 bridgehead atoms. The van der Waals surface area contributed by atoms with Gasteiger partial charge in [0.05, 0.1) is 0 Å². The molecule has 0 saturated carbocycles. The van der Waals surface area contributed by atoms with Crippen molar-refractivity contribution in [3.63, 3.8) is 0 Å². The van der Waals surface area contributed by atoms with E-state index in [1.54, 1.807) is 0 Å². The SMILES string of the molecule is CC(C)Cc1ccc(-c2[c-]c(-c3ccccc3-c3[c-]c(-c4ccc(CC(C)C)cn4)ccc3)ccc2)nc1.CC(C)Cc1ccnc(-c2[c-]c(-c3ccccc3-c3[c-]c(-c4cc(CC(C)C)ccn4)ccc3)ccc2)c1.CC(C)c1ccc(-c2[c-]c(-c3ccccc3-c3[c-]c(-c4ccc(C(C)C)cn4)ccc3)ccc2)nc1.Cc1cnc(-c2[c-]c(-c3ccccc3-c3[c-]c(-c4cc(C)c(C)cn4)ccc3)ccc2)cc1C.[Pt+2].[Pt+2].[Pt+2].[Pt+2]. The van der Waals surface area contributed by atoms with E-state index in [0.717, 1.165) is 205 Å². The molecule has 8 nitrogen and oxygen atoms in total. The molecule has 0 spiro atoms. The summed E-state index contributed by atoms with van der Waals surface area (Å²) in [4.78, 5) is 37.5. The van der Waals surface area contributed by atoms with Gasteiger partial charge in [0.2, 0.25) is 0 Å². The third kappa shape index (κ3) is 29.7. The van der Waals surface area contributed by atoms with Crippen molar-refractivity contribution in [2.45, 2.75) is 148 Å². The predicted molar refractivity (Wildman–Crippen MR) is 607 cm³/mol. The van der Waals surface area contributed by atoms with Crippen LogP contribution in [-0.4, -0.2) is 39.9 Å². The molecule has 0 saturated heterocycles. The van der Waals surface area contributed by atoms with E-state index in [-0.39, 0.29) is 84.3 Å². The van der Waals surface area contributed by atoms with E-state index in [9.17, 15) is 0 Å². The summed E-state index contributed by atoms with van der Waals surface area (Å²) in [5.41, 5.74) is 45.3. The van der Waals surface area contributed by atoms with Gasteiger partial charge in [-0.25, -0.2) is 0 Å². The average Bonchev–Trinajstić information content (AvgIpc) is 0.808.